The van der Waals surface area contributed by atoms with Crippen LogP contribution in [-0.2, 0) is 9.53 Å². The van der Waals surface area contributed by atoms with Crippen LogP contribution >= 0.6 is 0 Å². The summed E-state index contributed by atoms with van der Waals surface area (Å²) in [4.78, 5) is 11.1. The molecule has 2 heteroatoms. The fourth-order valence-electron chi connectivity index (χ4n) is 4.06. The third-order valence-corrected chi connectivity index (χ3v) is 4.78. The lowest BCUT2D eigenvalue weighted by Crippen LogP contribution is -2.62. The highest BCUT2D eigenvalue weighted by molar-refractivity contribution is 5.66. The minimum Gasteiger partial charge on any atom is -0.462 e. The minimum atomic E-state index is -0.128. The Morgan fingerprint density at radius 3 is 2.27 bits per heavy atom. The second-order valence-corrected chi connectivity index (χ2v) is 6.56. The van der Waals surface area contributed by atoms with Crippen LogP contribution in [0.2, 0.25) is 0 Å². The first kappa shape index (κ1) is 11.0. The molecule has 86 valence electrons. The molecule has 3 atom stereocenters. The first-order valence-electron chi connectivity index (χ1n) is 5.92. The summed E-state index contributed by atoms with van der Waals surface area (Å²) in [7, 11) is 0. The molecular weight excluding hydrogens is 188 g/mol. The average molecular weight is 210 g/mol. The zero-order chi connectivity index (χ0) is 11.4. The smallest absolute Gasteiger partial charge is 0.302 e. The van der Waals surface area contributed by atoms with Gasteiger partial charge in [-0.25, -0.2) is 0 Å². The molecule has 0 N–H and O–H groups in total. The lowest BCUT2D eigenvalue weighted by molar-refractivity contribution is -0.216. The van der Waals surface area contributed by atoms with Gasteiger partial charge in [0.05, 0.1) is 0 Å². The molecule has 0 radical (unpaired) electrons. The fraction of sp³-hybridized carbons (Fsp3) is 0.923. The Kier molecular flexibility index (Phi) is 2.19. The molecule has 2 bridgehead atoms. The zero-order valence-electron chi connectivity index (χ0n) is 10.5. The largest absolute Gasteiger partial charge is 0.462 e. The van der Waals surface area contributed by atoms with E-state index in [-0.39, 0.29) is 12.1 Å². The van der Waals surface area contributed by atoms with E-state index < -0.39 is 0 Å². The van der Waals surface area contributed by atoms with Crippen molar-refractivity contribution in [1.29, 1.82) is 0 Å². The van der Waals surface area contributed by atoms with Crippen molar-refractivity contribution in [2.24, 2.45) is 22.7 Å². The fourth-order valence-corrected chi connectivity index (χ4v) is 4.06. The topological polar surface area (TPSA) is 26.3 Å². The summed E-state index contributed by atoms with van der Waals surface area (Å²) in [6.45, 7) is 10.8. The molecule has 0 saturated heterocycles. The van der Waals surface area contributed by atoms with Crippen molar-refractivity contribution in [2.75, 3.05) is 0 Å². The average Bonchev–Trinajstić information content (AvgIpc) is 1.98. The second-order valence-electron chi connectivity index (χ2n) is 6.56. The van der Waals surface area contributed by atoms with Crippen molar-refractivity contribution in [3.05, 3.63) is 0 Å². The van der Waals surface area contributed by atoms with E-state index in [2.05, 4.69) is 27.7 Å². The standard InChI is InChI=1S/C13H22O2/c1-8(14)15-10-7-12(2,3)11-6-9(10)13(11,4)5/h9-11H,6-7H2,1-5H3. The monoisotopic (exact) mass is 210 g/mol. The van der Waals surface area contributed by atoms with Gasteiger partial charge in [-0.1, -0.05) is 27.7 Å². The zero-order valence-corrected chi connectivity index (χ0v) is 10.5. The molecule has 0 amide bonds. The molecule has 3 saturated carbocycles. The van der Waals surface area contributed by atoms with Gasteiger partial charge in [0.25, 0.3) is 0 Å². The van der Waals surface area contributed by atoms with E-state index in [0.717, 1.165) is 12.3 Å². The van der Waals surface area contributed by atoms with Gasteiger partial charge < -0.3 is 4.74 Å². The van der Waals surface area contributed by atoms with Crippen LogP contribution in [0.4, 0.5) is 0 Å². The number of hydrogen-bond acceptors (Lipinski definition) is 2. The normalized spacial score (nSPS) is 40.5. The molecular formula is C13H22O2. The van der Waals surface area contributed by atoms with Crippen LogP contribution in [0.15, 0.2) is 0 Å². The highest BCUT2D eigenvalue weighted by atomic mass is 16.5. The Labute approximate surface area is 92.4 Å². The molecule has 0 aromatic heterocycles. The van der Waals surface area contributed by atoms with E-state index in [9.17, 15) is 4.79 Å². The first-order chi connectivity index (χ1) is 6.75. The minimum absolute atomic E-state index is 0.128. The molecule has 0 aromatic rings. The number of esters is 1. The van der Waals surface area contributed by atoms with E-state index in [1.165, 1.54) is 13.3 Å². The van der Waals surface area contributed by atoms with E-state index in [1.54, 1.807) is 0 Å². The van der Waals surface area contributed by atoms with Gasteiger partial charge >= 0.3 is 5.97 Å². The number of carbonyl (C=O) groups excluding carboxylic acids is 1. The van der Waals surface area contributed by atoms with Crippen LogP contribution < -0.4 is 0 Å². The highest BCUT2D eigenvalue weighted by Crippen LogP contribution is 2.66. The Balaban J connectivity index is 2.19. The molecule has 3 unspecified atom stereocenters. The lowest BCUT2D eigenvalue weighted by atomic mass is 9.40. The summed E-state index contributed by atoms with van der Waals surface area (Å²) in [5.74, 6) is 1.25. The third kappa shape index (κ3) is 1.49. The SMILES string of the molecule is CC(=O)OC1CC(C)(C)C2CC1C2(C)C. The van der Waals surface area contributed by atoms with E-state index in [0.29, 0.717) is 16.7 Å². The van der Waals surface area contributed by atoms with Gasteiger partial charge in [-0.05, 0) is 29.6 Å². The highest BCUT2D eigenvalue weighted by Gasteiger charge is 2.62. The molecule has 3 rings (SSSR count). The molecule has 0 aromatic carbocycles. The summed E-state index contributed by atoms with van der Waals surface area (Å²) in [5, 5.41) is 0. The molecule has 2 nitrogen and oxygen atoms in total. The maximum Gasteiger partial charge on any atom is 0.302 e. The lowest BCUT2D eigenvalue weighted by Gasteiger charge is -2.65. The molecule has 0 aliphatic heterocycles. The van der Waals surface area contributed by atoms with Crippen molar-refractivity contribution < 1.29 is 9.53 Å². The van der Waals surface area contributed by atoms with Crippen LogP contribution in [0.3, 0.4) is 0 Å². The van der Waals surface area contributed by atoms with E-state index >= 15 is 0 Å². The third-order valence-electron chi connectivity index (χ3n) is 4.78. The quantitative estimate of drug-likeness (QED) is 0.622. The van der Waals surface area contributed by atoms with Gasteiger partial charge in [0.15, 0.2) is 0 Å². The van der Waals surface area contributed by atoms with Crippen molar-refractivity contribution in [3.8, 4) is 0 Å². The van der Waals surface area contributed by atoms with Crippen molar-refractivity contribution in [3.63, 3.8) is 0 Å². The molecule has 3 fully saturated rings. The van der Waals surface area contributed by atoms with Crippen molar-refractivity contribution >= 4 is 5.97 Å². The van der Waals surface area contributed by atoms with Crippen LogP contribution in [0.1, 0.15) is 47.5 Å². The summed E-state index contributed by atoms with van der Waals surface area (Å²) >= 11 is 0. The summed E-state index contributed by atoms with van der Waals surface area (Å²) in [6.07, 6.45) is 2.42. The molecule has 3 aliphatic rings. The summed E-state index contributed by atoms with van der Waals surface area (Å²) in [6, 6.07) is 0. The predicted octanol–water partition coefficient (Wildman–Crippen LogP) is 3.01. The van der Waals surface area contributed by atoms with Crippen LogP contribution in [0, 0.1) is 22.7 Å². The summed E-state index contributed by atoms with van der Waals surface area (Å²) < 4.78 is 5.47. The van der Waals surface area contributed by atoms with Crippen LogP contribution in [0.5, 0.6) is 0 Å². The molecule has 15 heavy (non-hydrogen) atoms. The Morgan fingerprint density at radius 1 is 1.27 bits per heavy atom. The second kappa shape index (κ2) is 2.99. The van der Waals surface area contributed by atoms with Gasteiger partial charge in [0.1, 0.15) is 6.10 Å². The number of ether oxygens (including phenoxy) is 1. The van der Waals surface area contributed by atoms with Gasteiger partial charge in [-0.3, -0.25) is 4.79 Å². The number of fused-ring (bicyclic) bond motifs is 2. The first-order valence-corrected chi connectivity index (χ1v) is 5.92. The van der Waals surface area contributed by atoms with Crippen molar-refractivity contribution in [1.82, 2.24) is 0 Å². The van der Waals surface area contributed by atoms with E-state index in [4.69, 9.17) is 4.74 Å². The molecule has 0 heterocycles. The number of carbonyl (C=O) groups is 1. The Morgan fingerprint density at radius 2 is 1.87 bits per heavy atom. The van der Waals surface area contributed by atoms with Crippen molar-refractivity contribution in [2.45, 2.75) is 53.6 Å². The van der Waals surface area contributed by atoms with Crippen LogP contribution in [-0.4, -0.2) is 12.1 Å². The van der Waals surface area contributed by atoms with Gasteiger partial charge in [0, 0.05) is 12.8 Å². The summed E-state index contributed by atoms with van der Waals surface area (Å²) in [5.41, 5.74) is 0.667. The van der Waals surface area contributed by atoms with E-state index in [1.807, 2.05) is 0 Å². The van der Waals surface area contributed by atoms with Gasteiger partial charge in [0.2, 0.25) is 0 Å². The maximum absolute atomic E-state index is 11.1. The Hall–Kier alpha value is -0.530. The predicted molar refractivity (Wildman–Crippen MR) is 59.3 cm³/mol. The van der Waals surface area contributed by atoms with Gasteiger partial charge in [-0.2, -0.15) is 0 Å². The van der Waals surface area contributed by atoms with Gasteiger partial charge in [-0.15, -0.1) is 0 Å². The van der Waals surface area contributed by atoms with Crippen LogP contribution in [0.25, 0.3) is 0 Å². The number of hydrogen-bond donors (Lipinski definition) is 0. The maximum atomic E-state index is 11.1. The number of rotatable bonds is 1. The molecule has 0 spiro atoms. The Bertz CT molecular complexity index is 283. The molecule has 3 aliphatic carbocycles.